The van der Waals surface area contributed by atoms with Gasteiger partial charge in [-0.3, -0.25) is 9.69 Å². The first-order valence-corrected chi connectivity index (χ1v) is 8.79. The first-order chi connectivity index (χ1) is 12.0. The number of aryl methyl sites for hydroxylation is 1. The van der Waals surface area contributed by atoms with Gasteiger partial charge in [-0.15, -0.1) is 0 Å². The van der Waals surface area contributed by atoms with Crippen molar-refractivity contribution in [3.05, 3.63) is 46.1 Å². The monoisotopic (exact) mass is 405 g/mol. The molecule has 1 aliphatic rings. The molecule has 1 aromatic heterocycles. The van der Waals surface area contributed by atoms with Gasteiger partial charge in [-0.2, -0.15) is 0 Å². The highest BCUT2D eigenvalue weighted by atomic mass is 79.9. The van der Waals surface area contributed by atoms with E-state index in [-0.39, 0.29) is 12.5 Å². The summed E-state index contributed by atoms with van der Waals surface area (Å²) in [6.07, 6.45) is 1.73. The van der Waals surface area contributed by atoms with Gasteiger partial charge < -0.3 is 14.8 Å². The van der Waals surface area contributed by atoms with Crippen LogP contribution in [0.15, 0.2) is 34.9 Å². The standard InChI is InChI=1S/C18H20BrN3O3/c1-12-3-4-17(20-9-12)21-18(23)11-22(2)10-13-7-15-16(8-14(13)19)25-6-5-24-15/h3-4,7-9H,5-6,10-11H2,1-2H3,(H,20,21,23). The van der Waals surface area contributed by atoms with Crippen LogP contribution < -0.4 is 14.8 Å². The van der Waals surface area contributed by atoms with E-state index in [2.05, 4.69) is 26.2 Å². The molecule has 2 heterocycles. The van der Waals surface area contributed by atoms with Crippen molar-refractivity contribution in [3.8, 4) is 11.5 Å². The van der Waals surface area contributed by atoms with Crippen molar-refractivity contribution in [2.75, 3.05) is 32.1 Å². The number of halogens is 1. The van der Waals surface area contributed by atoms with Gasteiger partial charge in [-0.25, -0.2) is 4.98 Å². The third-order valence-electron chi connectivity index (χ3n) is 3.74. The zero-order valence-corrected chi connectivity index (χ0v) is 15.8. The van der Waals surface area contributed by atoms with E-state index in [4.69, 9.17) is 9.47 Å². The van der Waals surface area contributed by atoms with E-state index < -0.39 is 0 Å². The number of pyridine rings is 1. The molecular weight excluding hydrogens is 386 g/mol. The molecule has 6 nitrogen and oxygen atoms in total. The molecule has 0 fully saturated rings. The van der Waals surface area contributed by atoms with E-state index in [1.54, 1.807) is 12.3 Å². The molecule has 132 valence electrons. The van der Waals surface area contributed by atoms with Gasteiger partial charge in [0.25, 0.3) is 0 Å². The molecule has 2 aromatic rings. The minimum absolute atomic E-state index is 0.104. The van der Waals surface area contributed by atoms with Crippen molar-refractivity contribution in [1.29, 1.82) is 0 Å². The summed E-state index contributed by atoms with van der Waals surface area (Å²) >= 11 is 3.56. The summed E-state index contributed by atoms with van der Waals surface area (Å²) in [6.45, 7) is 3.93. The number of likely N-dealkylation sites (N-methyl/N-ethyl adjacent to an activating group) is 1. The van der Waals surface area contributed by atoms with Crippen LogP contribution in [0.25, 0.3) is 0 Å². The van der Waals surface area contributed by atoms with Gasteiger partial charge in [0.05, 0.1) is 6.54 Å². The summed E-state index contributed by atoms with van der Waals surface area (Å²) < 4.78 is 12.1. The van der Waals surface area contributed by atoms with Crippen LogP contribution in [-0.2, 0) is 11.3 Å². The van der Waals surface area contributed by atoms with E-state index in [1.165, 1.54) is 0 Å². The largest absolute Gasteiger partial charge is 0.486 e. The number of carbonyl (C=O) groups excluding carboxylic acids is 1. The van der Waals surface area contributed by atoms with E-state index >= 15 is 0 Å². The van der Waals surface area contributed by atoms with Gasteiger partial charge in [0.1, 0.15) is 19.0 Å². The van der Waals surface area contributed by atoms with Crippen LogP contribution >= 0.6 is 15.9 Å². The number of rotatable bonds is 5. The molecule has 0 saturated heterocycles. The van der Waals surface area contributed by atoms with Crippen LogP contribution in [0.5, 0.6) is 11.5 Å². The molecule has 0 unspecified atom stereocenters. The number of benzene rings is 1. The molecule has 1 amide bonds. The Labute approximate surface area is 155 Å². The minimum Gasteiger partial charge on any atom is -0.486 e. The van der Waals surface area contributed by atoms with Crippen LogP contribution in [-0.4, -0.2) is 42.6 Å². The highest BCUT2D eigenvalue weighted by molar-refractivity contribution is 9.10. The number of anilines is 1. The minimum atomic E-state index is -0.104. The number of amides is 1. The highest BCUT2D eigenvalue weighted by Crippen LogP contribution is 2.35. The second-order valence-corrected chi connectivity index (χ2v) is 6.88. The number of ether oxygens (including phenoxy) is 2. The van der Waals surface area contributed by atoms with Crippen molar-refractivity contribution in [2.24, 2.45) is 0 Å². The molecule has 0 aliphatic carbocycles. The molecule has 1 N–H and O–H groups in total. The maximum atomic E-state index is 12.2. The Bertz CT molecular complexity index is 765. The van der Waals surface area contributed by atoms with Gasteiger partial charge >= 0.3 is 0 Å². The number of hydrogen-bond acceptors (Lipinski definition) is 5. The Morgan fingerprint density at radius 3 is 2.68 bits per heavy atom. The second kappa shape index (κ2) is 7.84. The Balaban J connectivity index is 1.59. The molecule has 1 aromatic carbocycles. The average Bonchev–Trinajstić information content (AvgIpc) is 2.57. The first-order valence-electron chi connectivity index (χ1n) is 8.00. The third-order valence-corrected chi connectivity index (χ3v) is 4.48. The zero-order chi connectivity index (χ0) is 17.8. The molecule has 7 heteroatoms. The average molecular weight is 406 g/mol. The predicted octanol–water partition coefficient (Wildman–Crippen LogP) is 2.99. The summed E-state index contributed by atoms with van der Waals surface area (Å²) in [5.74, 6) is 1.94. The van der Waals surface area contributed by atoms with Crippen LogP contribution in [0, 0.1) is 6.92 Å². The summed E-state index contributed by atoms with van der Waals surface area (Å²) in [6, 6.07) is 7.58. The molecule has 1 aliphatic heterocycles. The number of nitrogens with one attached hydrogen (secondary N) is 1. The van der Waals surface area contributed by atoms with E-state index in [9.17, 15) is 4.79 Å². The maximum absolute atomic E-state index is 12.2. The topological polar surface area (TPSA) is 63.7 Å². The van der Waals surface area contributed by atoms with Crippen molar-refractivity contribution in [2.45, 2.75) is 13.5 Å². The molecule has 0 bridgehead atoms. The fraction of sp³-hybridized carbons (Fsp3) is 0.333. The SMILES string of the molecule is Cc1ccc(NC(=O)CN(C)Cc2cc3c(cc2Br)OCCO3)nc1. The van der Waals surface area contributed by atoms with Gasteiger partial charge in [0.2, 0.25) is 5.91 Å². The van der Waals surface area contributed by atoms with Crippen LogP contribution in [0.3, 0.4) is 0 Å². The smallest absolute Gasteiger partial charge is 0.239 e. The number of carbonyl (C=O) groups is 1. The fourth-order valence-electron chi connectivity index (χ4n) is 2.54. The number of hydrogen-bond donors (Lipinski definition) is 1. The summed E-state index contributed by atoms with van der Waals surface area (Å²) in [5.41, 5.74) is 2.09. The Morgan fingerprint density at radius 2 is 2.00 bits per heavy atom. The lowest BCUT2D eigenvalue weighted by Crippen LogP contribution is -2.30. The summed E-state index contributed by atoms with van der Waals surface area (Å²) in [7, 11) is 1.89. The van der Waals surface area contributed by atoms with Crippen molar-refractivity contribution in [1.82, 2.24) is 9.88 Å². The molecule has 0 atom stereocenters. The maximum Gasteiger partial charge on any atom is 0.239 e. The number of aromatic nitrogens is 1. The Kier molecular flexibility index (Phi) is 5.55. The van der Waals surface area contributed by atoms with E-state index in [1.807, 2.05) is 37.1 Å². The zero-order valence-electron chi connectivity index (χ0n) is 14.2. The summed E-state index contributed by atoms with van der Waals surface area (Å²) in [5, 5.41) is 2.80. The predicted molar refractivity (Wildman–Crippen MR) is 99.1 cm³/mol. The van der Waals surface area contributed by atoms with E-state index in [0.29, 0.717) is 25.6 Å². The Hall–Kier alpha value is -2.12. The van der Waals surface area contributed by atoms with Gasteiger partial charge in [0, 0.05) is 17.2 Å². The van der Waals surface area contributed by atoms with Crippen LogP contribution in [0.4, 0.5) is 5.82 Å². The normalized spacial score (nSPS) is 13.0. The molecule has 0 saturated carbocycles. The number of fused-ring (bicyclic) bond motifs is 1. The molecule has 0 spiro atoms. The van der Waals surface area contributed by atoms with Gasteiger partial charge in [0.15, 0.2) is 11.5 Å². The van der Waals surface area contributed by atoms with Gasteiger partial charge in [-0.05, 0) is 43.3 Å². The van der Waals surface area contributed by atoms with Crippen molar-refractivity contribution >= 4 is 27.7 Å². The fourth-order valence-corrected chi connectivity index (χ4v) is 2.99. The summed E-state index contributed by atoms with van der Waals surface area (Å²) in [4.78, 5) is 18.3. The highest BCUT2D eigenvalue weighted by Gasteiger charge is 2.16. The second-order valence-electron chi connectivity index (χ2n) is 6.03. The first kappa shape index (κ1) is 17.7. The van der Waals surface area contributed by atoms with Crippen molar-refractivity contribution < 1.29 is 14.3 Å². The lowest BCUT2D eigenvalue weighted by Gasteiger charge is -2.22. The number of nitrogens with zero attached hydrogens (tertiary/aromatic N) is 2. The van der Waals surface area contributed by atoms with E-state index in [0.717, 1.165) is 27.1 Å². The van der Waals surface area contributed by atoms with Crippen LogP contribution in [0.2, 0.25) is 0 Å². The third kappa shape index (κ3) is 4.70. The molecule has 25 heavy (non-hydrogen) atoms. The van der Waals surface area contributed by atoms with Gasteiger partial charge in [-0.1, -0.05) is 22.0 Å². The lowest BCUT2D eigenvalue weighted by atomic mass is 10.2. The van der Waals surface area contributed by atoms with Crippen LogP contribution in [0.1, 0.15) is 11.1 Å². The molecule has 3 rings (SSSR count). The Morgan fingerprint density at radius 1 is 1.28 bits per heavy atom. The lowest BCUT2D eigenvalue weighted by molar-refractivity contribution is -0.117. The molecule has 0 radical (unpaired) electrons. The quantitative estimate of drug-likeness (QED) is 0.827. The van der Waals surface area contributed by atoms with Crippen molar-refractivity contribution in [3.63, 3.8) is 0 Å². The molecular formula is C18H20BrN3O3.